The molecule has 3 bridgehead atoms. The molecule has 34 heavy (non-hydrogen) atoms. The summed E-state index contributed by atoms with van der Waals surface area (Å²) in [6, 6.07) is 6.66. The predicted molar refractivity (Wildman–Crippen MR) is 127 cm³/mol. The fraction of sp³-hybridized carbons (Fsp3) is 0.360. The van der Waals surface area contributed by atoms with Crippen LogP contribution in [0.5, 0.6) is 5.75 Å². The van der Waals surface area contributed by atoms with Gasteiger partial charge in [-0.1, -0.05) is 0 Å². The van der Waals surface area contributed by atoms with Crippen LogP contribution < -0.4 is 41.9 Å². The van der Waals surface area contributed by atoms with E-state index in [1.54, 1.807) is 18.3 Å². The zero-order chi connectivity index (χ0) is 23.7. The molecule has 0 aliphatic carbocycles. The van der Waals surface area contributed by atoms with Gasteiger partial charge in [-0.15, -0.1) is 0 Å². The fourth-order valence-corrected chi connectivity index (χ4v) is 7.93. The number of hydrogen-bond donors (Lipinski definition) is 4. The van der Waals surface area contributed by atoms with Gasteiger partial charge < -0.3 is 0 Å². The summed E-state index contributed by atoms with van der Waals surface area (Å²) in [6.07, 6.45) is 6.57. The number of ether oxygens (including phenoxy) is 1. The van der Waals surface area contributed by atoms with Gasteiger partial charge in [-0.25, -0.2) is 0 Å². The predicted octanol–water partition coefficient (Wildman–Crippen LogP) is 1.51. The molecule has 0 fully saturated rings. The molecule has 1 aromatic carbocycles. The Morgan fingerprint density at radius 3 is 3.00 bits per heavy atom. The number of carbonyl (C=O) groups excluding carboxylic acids is 1. The summed E-state index contributed by atoms with van der Waals surface area (Å²) in [4.78, 5) is 21.2. The van der Waals surface area contributed by atoms with E-state index in [-0.39, 0.29) is 36.9 Å². The standard InChI is InChI=1S/C25H28FIN5O2/c1-14-6-9-27-20-12-18-21(25(33)32-20)23(30-17-5-3-4-16(26)24(17)34-2)22(31-18)15-8-10-28-13-19(15)29-11-7-14/h3-5,8,10,13-14,20,29-31H,6-7,9,11-12H2,1-2H3,(H,32,33)/q-1. The van der Waals surface area contributed by atoms with Crippen LogP contribution in [0.3, 0.4) is 0 Å². The van der Waals surface area contributed by atoms with Crippen molar-refractivity contribution in [3.05, 3.63) is 53.7 Å². The second-order valence-corrected chi connectivity index (χ2v) is 12.2. The van der Waals surface area contributed by atoms with Crippen molar-refractivity contribution in [1.29, 1.82) is 0 Å². The van der Waals surface area contributed by atoms with Crippen molar-refractivity contribution < 1.29 is 35.1 Å². The molecular weight excluding hydrogens is 548 g/mol. The molecule has 1 amide bonds. The molecule has 0 radical (unpaired) electrons. The third kappa shape index (κ3) is 4.45. The Morgan fingerprint density at radius 2 is 2.15 bits per heavy atom. The second kappa shape index (κ2) is 9.81. The number of nitrogens with one attached hydrogen (secondary N) is 4. The van der Waals surface area contributed by atoms with Gasteiger partial charge in [-0.3, -0.25) is 0 Å². The minimum atomic E-state index is -0.466. The number of amides is 1. The number of rotatable bonds is 3. The minimum absolute atomic E-state index is 0.0993. The number of pyridine rings is 1. The molecule has 2 atom stereocenters. The van der Waals surface area contributed by atoms with Gasteiger partial charge in [0.15, 0.2) is 0 Å². The molecule has 0 spiro atoms. The Hall–Kier alpha value is -2.82. The first-order valence-electron chi connectivity index (χ1n) is 11.5. The molecular formula is C25H28FIN5O2-. The Kier molecular flexibility index (Phi) is 6.62. The van der Waals surface area contributed by atoms with Gasteiger partial charge >= 0.3 is 209 Å². The number of nitrogens with zero attached hydrogens (tertiary/aromatic N) is 1. The van der Waals surface area contributed by atoms with Crippen LogP contribution in [0.15, 0.2) is 36.7 Å². The number of hydrogen-bond acceptors (Lipinski definition) is 5. The first kappa shape index (κ1) is 22.9. The van der Waals surface area contributed by atoms with Crippen molar-refractivity contribution in [1.82, 2.24) is 15.3 Å². The van der Waals surface area contributed by atoms with E-state index in [0.29, 0.717) is 22.9 Å². The number of benzene rings is 1. The monoisotopic (exact) mass is 576 g/mol. The summed E-state index contributed by atoms with van der Waals surface area (Å²) >= 11 is -0.169. The van der Waals surface area contributed by atoms with Crippen molar-refractivity contribution in [2.45, 2.75) is 30.2 Å². The van der Waals surface area contributed by atoms with E-state index in [1.807, 2.05) is 12.3 Å². The Bertz CT molecular complexity index is 1210. The van der Waals surface area contributed by atoms with Crippen molar-refractivity contribution in [3.8, 4) is 17.0 Å². The number of fused-ring (bicyclic) bond motifs is 4. The van der Waals surface area contributed by atoms with Gasteiger partial charge in [0.1, 0.15) is 0 Å². The van der Waals surface area contributed by atoms with Gasteiger partial charge in [0, 0.05) is 0 Å². The van der Waals surface area contributed by atoms with Crippen LogP contribution in [-0.2, 0) is 6.42 Å². The molecule has 2 aromatic heterocycles. The van der Waals surface area contributed by atoms with Gasteiger partial charge in [0.25, 0.3) is 0 Å². The molecule has 2 aliphatic heterocycles. The van der Waals surface area contributed by atoms with Crippen LogP contribution in [0, 0.1) is 11.7 Å². The number of H-pyrrole nitrogens is 1. The fourth-order valence-electron chi connectivity index (χ4n) is 4.50. The number of alkyl halides is 2. The van der Waals surface area contributed by atoms with Crippen molar-refractivity contribution in [2.75, 3.05) is 28.7 Å². The summed E-state index contributed by atoms with van der Waals surface area (Å²) < 4.78 is 21.1. The van der Waals surface area contributed by atoms with E-state index in [9.17, 15) is 9.18 Å². The topological polar surface area (TPSA) is 91.1 Å². The van der Waals surface area contributed by atoms with Crippen LogP contribution >= 0.6 is 0 Å². The molecule has 4 heterocycles. The number of anilines is 3. The van der Waals surface area contributed by atoms with Crippen LogP contribution in [0.25, 0.3) is 11.3 Å². The Balaban J connectivity index is 1.66. The number of aromatic nitrogens is 2. The molecule has 3 aromatic rings. The summed E-state index contributed by atoms with van der Waals surface area (Å²) in [5, 5.41) is 10.1. The van der Waals surface area contributed by atoms with Crippen molar-refractivity contribution in [2.24, 2.45) is 5.92 Å². The number of halogens is 2. The molecule has 4 N–H and O–H groups in total. The van der Waals surface area contributed by atoms with E-state index in [4.69, 9.17) is 4.74 Å². The Morgan fingerprint density at radius 1 is 1.26 bits per heavy atom. The van der Waals surface area contributed by atoms with Gasteiger partial charge in [0.05, 0.1) is 0 Å². The van der Waals surface area contributed by atoms with E-state index in [1.165, 1.54) is 24.0 Å². The summed E-state index contributed by atoms with van der Waals surface area (Å²) in [7, 11) is 1.44. The molecule has 2 unspecified atom stereocenters. The maximum atomic E-state index is 14.4. The van der Waals surface area contributed by atoms with E-state index in [0.717, 1.165) is 42.0 Å². The number of methoxy groups -OCH3 is 1. The van der Waals surface area contributed by atoms with Crippen LogP contribution in [0.4, 0.5) is 21.5 Å². The van der Waals surface area contributed by atoms with Crippen LogP contribution in [0.2, 0.25) is 0 Å². The normalized spacial score (nSPS) is 20.3. The third-order valence-corrected chi connectivity index (χ3v) is 9.41. The number of carbonyl (C=O) groups is 1. The van der Waals surface area contributed by atoms with E-state index < -0.39 is 5.82 Å². The summed E-state index contributed by atoms with van der Waals surface area (Å²) in [5.41, 5.74) is 5.14. The molecule has 5 rings (SSSR count). The second-order valence-electron chi connectivity index (χ2n) is 8.69. The Labute approximate surface area is 208 Å². The molecule has 180 valence electrons. The van der Waals surface area contributed by atoms with Crippen molar-refractivity contribution in [3.63, 3.8) is 0 Å². The number of aromatic amines is 1. The first-order chi connectivity index (χ1) is 16.5. The number of para-hydroxylation sites is 1. The molecule has 0 saturated carbocycles. The zero-order valence-electron chi connectivity index (χ0n) is 19.2. The SMILES string of the molecule is COc1c(F)cccc1Nc1c2[nH]c3c1C(=O)NC(C3)[I-]CCC(C)CCNc1cnccc1-2. The quantitative estimate of drug-likeness (QED) is 0.216. The zero-order valence-corrected chi connectivity index (χ0v) is 21.3. The van der Waals surface area contributed by atoms with Crippen molar-refractivity contribution >= 4 is 23.0 Å². The van der Waals surface area contributed by atoms with Gasteiger partial charge in [0.2, 0.25) is 0 Å². The van der Waals surface area contributed by atoms with E-state index >= 15 is 0 Å². The van der Waals surface area contributed by atoms with Crippen LogP contribution in [-0.4, -0.2) is 38.0 Å². The van der Waals surface area contributed by atoms with E-state index in [2.05, 4.69) is 32.8 Å². The summed E-state index contributed by atoms with van der Waals surface area (Å²) in [6.45, 7) is 3.14. The average molecular weight is 576 g/mol. The molecule has 9 heteroatoms. The van der Waals surface area contributed by atoms with Gasteiger partial charge in [-0.05, 0) is 0 Å². The third-order valence-electron chi connectivity index (χ3n) is 6.35. The van der Waals surface area contributed by atoms with Crippen LogP contribution in [0.1, 0.15) is 35.8 Å². The maximum absolute atomic E-state index is 14.4. The molecule has 2 aliphatic rings. The van der Waals surface area contributed by atoms with Gasteiger partial charge in [-0.2, -0.15) is 0 Å². The first-order valence-corrected chi connectivity index (χ1v) is 14.2. The molecule has 7 nitrogen and oxygen atoms in total. The summed E-state index contributed by atoms with van der Waals surface area (Å²) in [5.74, 6) is 0.164. The average Bonchev–Trinajstić information content (AvgIpc) is 3.17. The molecule has 0 saturated heterocycles.